The Labute approximate surface area is 164 Å². The molecule has 0 radical (unpaired) electrons. The number of fused-ring (bicyclic) bond motifs is 1. The van der Waals surface area contributed by atoms with Gasteiger partial charge in [-0.2, -0.15) is 0 Å². The molecular formula is C24H22N2O2. The van der Waals surface area contributed by atoms with Gasteiger partial charge in [0.15, 0.2) is 0 Å². The molecule has 1 N–H and O–H groups in total. The standard InChI is InChI=1S/C24H22N2O2/c1-17-6-4-9-21(16-17)25-23(27)19-11-13-20(14-12-19)24(28)26-15-5-8-18-7-2-3-10-22(18)26/h2-4,6-7,9-14,16H,5,8,15H2,1H3,(H,25,27). The number of hydrogen-bond acceptors (Lipinski definition) is 2. The summed E-state index contributed by atoms with van der Waals surface area (Å²) in [6.45, 7) is 2.69. The van der Waals surface area contributed by atoms with Crippen molar-refractivity contribution in [3.8, 4) is 0 Å². The van der Waals surface area contributed by atoms with Crippen LogP contribution in [0, 0.1) is 6.92 Å². The van der Waals surface area contributed by atoms with Gasteiger partial charge in [0.05, 0.1) is 0 Å². The van der Waals surface area contributed by atoms with Gasteiger partial charge in [-0.15, -0.1) is 0 Å². The Morgan fingerprint density at radius 3 is 2.43 bits per heavy atom. The topological polar surface area (TPSA) is 49.4 Å². The van der Waals surface area contributed by atoms with E-state index in [-0.39, 0.29) is 11.8 Å². The van der Waals surface area contributed by atoms with E-state index in [1.165, 1.54) is 5.56 Å². The largest absolute Gasteiger partial charge is 0.322 e. The summed E-state index contributed by atoms with van der Waals surface area (Å²) in [6, 6.07) is 22.6. The fraction of sp³-hybridized carbons (Fsp3) is 0.167. The second kappa shape index (κ2) is 7.69. The maximum absolute atomic E-state index is 13.0. The van der Waals surface area contributed by atoms with Crippen LogP contribution < -0.4 is 10.2 Å². The highest BCUT2D eigenvalue weighted by Crippen LogP contribution is 2.28. The molecule has 1 aliphatic rings. The van der Waals surface area contributed by atoms with E-state index >= 15 is 0 Å². The second-order valence-corrected chi connectivity index (χ2v) is 7.09. The smallest absolute Gasteiger partial charge is 0.258 e. The molecule has 0 saturated heterocycles. The van der Waals surface area contributed by atoms with Crippen molar-refractivity contribution < 1.29 is 9.59 Å². The molecule has 3 aromatic carbocycles. The average molecular weight is 370 g/mol. The molecule has 0 spiro atoms. The zero-order chi connectivity index (χ0) is 19.5. The number of carbonyl (C=O) groups is 2. The van der Waals surface area contributed by atoms with Gasteiger partial charge >= 0.3 is 0 Å². The lowest BCUT2D eigenvalue weighted by Crippen LogP contribution is -2.35. The van der Waals surface area contributed by atoms with Crippen LogP contribution in [0.4, 0.5) is 11.4 Å². The van der Waals surface area contributed by atoms with E-state index in [0.29, 0.717) is 17.7 Å². The van der Waals surface area contributed by atoms with E-state index in [1.54, 1.807) is 24.3 Å². The van der Waals surface area contributed by atoms with Gasteiger partial charge in [0.1, 0.15) is 0 Å². The zero-order valence-electron chi connectivity index (χ0n) is 15.8. The van der Waals surface area contributed by atoms with E-state index < -0.39 is 0 Å². The van der Waals surface area contributed by atoms with E-state index in [2.05, 4.69) is 11.4 Å². The van der Waals surface area contributed by atoms with Gasteiger partial charge in [-0.25, -0.2) is 0 Å². The Kier molecular flexibility index (Phi) is 4.94. The molecule has 0 aliphatic carbocycles. The lowest BCUT2D eigenvalue weighted by atomic mass is 10.0. The fourth-order valence-corrected chi connectivity index (χ4v) is 3.59. The van der Waals surface area contributed by atoms with Gasteiger partial charge in [0.2, 0.25) is 0 Å². The van der Waals surface area contributed by atoms with Crippen molar-refractivity contribution in [3.05, 3.63) is 95.1 Å². The Balaban J connectivity index is 1.50. The third kappa shape index (κ3) is 3.67. The number of nitrogens with zero attached hydrogens (tertiary/aromatic N) is 1. The van der Waals surface area contributed by atoms with Crippen molar-refractivity contribution in [2.45, 2.75) is 19.8 Å². The summed E-state index contributed by atoms with van der Waals surface area (Å²) in [5.74, 6) is -0.217. The van der Waals surface area contributed by atoms with Crippen LogP contribution in [0.5, 0.6) is 0 Å². The minimum absolute atomic E-state index is 0.0298. The average Bonchev–Trinajstić information content (AvgIpc) is 2.73. The SMILES string of the molecule is Cc1cccc(NC(=O)c2ccc(C(=O)N3CCCc4ccccc43)cc2)c1. The van der Waals surface area contributed by atoms with Gasteiger partial charge in [0.25, 0.3) is 11.8 Å². The molecule has 0 saturated carbocycles. The number of nitrogens with one attached hydrogen (secondary N) is 1. The molecule has 1 aliphatic heterocycles. The first-order valence-corrected chi connectivity index (χ1v) is 9.50. The Morgan fingerprint density at radius 2 is 1.64 bits per heavy atom. The molecule has 1 heterocycles. The first kappa shape index (κ1) is 18.0. The van der Waals surface area contributed by atoms with E-state index in [1.807, 2.05) is 54.3 Å². The van der Waals surface area contributed by atoms with Crippen molar-refractivity contribution in [1.82, 2.24) is 0 Å². The third-order valence-electron chi connectivity index (χ3n) is 5.03. The van der Waals surface area contributed by atoms with Gasteiger partial charge in [-0.3, -0.25) is 9.59 Å². The summed E-state index contributed by atoms with van der Waals surface area (Å²) in [6.07, 6.45) is 1.96. The van der Waals surface area contributed by atoms with Crippen molar-refractivity contribution in [2.24, 2.45) is 0 Å². The highest BCUT2D eigenvalue weighted by atomic mass is 16.2. The molecule has 0 bridgehead atoms. The number of benzene rings is 3. The number of aryl methyl sites for hydroxylation is 2. The van der Waals surface area contributed by atoms with Crippen LogP contribution in [0.1, 0.15) is 38.3 Å². The predicted octanol–water partition coefficient (Wildman–Crippen LogP) is 4.84. The summed E-state index contributed by atoms with van der Waals surface area (Å²) in [7, 11) is 0. The maximum atomic E-state index is 13.0. The second-order valence-electron chi connectivity index (χ2n) is 7.09. The van der Waals surface area contributed by atoms with Crippen LogP contribution in [0.3, 0.4) is 0 Å². The third-order valence-corrected chi connectivity index (χ3v) is 5.03. The normalized spacial score (nSPS) is 13.0. The number of anilines is 2. The van der Waals surface area contributed by atoms with Gasteiger partial charge in [0, 0.05) is 29.0 Å². The van der Waals surface area contributed by atoms with E-state index in [4.69, 9.17) is 0 Å². The van der Waals surface area contributed by atoms with Crippen LogP contribution in [0.25, 0.3) is 0 Å². The van der Waals surface area contributed by atoms with Crippen LogP contribution in [0.15, 0.2) is 72.8 Å². The Hall–Kier alpha value is -3.40. The first-order valence-electron chi connectivity index (χ1n) is 9.50. The van der Waals surface area contributed by atoms with Gasteiger partial charge in [-0.1, -0.05) is 30.3 Å². The number of amides is 2. The number of rotatable bonds is 3. The molecule has 4 rings (SSSR count). The monoisotopic (exact) mass is 370 g/mol. The molecule has 140 valence electrons. The highest BCUT2D eigenvalue weighted by molar-refractivity contribution is 6.08. The summed E-state index contributed by atoms with van der Waals surface area (Å²) in [5.41, 5.74) is 5.15. The lowest BCUT2D eigenvalue weighted by molar-refractivity contribution is 0.0982. The first-order chi connectivity index (χ1) is 13.6. The molecule has 0 aromatic heterocycles. The summed E-state index contributed by atoms with van der Waals surface area (Å²) >= 11 is 0. The molecule has 4 heteroatoms. The number of para-hydroxylation sites is 1. The van der Waals surface area contributed by atoms with Crippen molar-refractivity contribution >= 4 is 23.2 Å². The molecular weight excluding hydrogens is 348 g/mol. The summed E-state index contributed by atoms with van der Waals surface area (Å²) in [4.78, 5) is 27.3. The fourth-order valence-electron chi connectivity index (χ4n) is 3.59. The van der Waals surface area contributed by atoms with Crippen molar-refractivity contribution in [1.29, 1.82) is 0 Å². The minimum atomic E-state index is -0.187. The summed E-state index contributed by atoms with van der Waals surface area (Å²) in [5, 5.41) is 2.89. The van der Waals surface area contributed by atoms with Crippen LogP contribution in [-0.4, -0.2) is 18.4 Å². The highest BCUT2D eigenvalue weighted by Gasteiger charge is 2.23. The quantitative estimate of drug-likeness (QED) is 0.717. The lowest BCUT2D eigenvalue weighted by Gasteiger charge is -2.29. The predicted molar refractivity (Wildman–Crippen MR) is 112 cm³/mol. The number of hydrogen-bond donors (Lipinski definition) is 1. The Bertz CT molecular complexity index is 1020. The van der Waals surface area contributed by atoms with Crippen LogP contribution >= 0.6 is 0 Å². The number of carbonyl (C=O) groups excluding carboxylic acids is 2. The minimum Gasteiger partial charge on any atom is -0.322 e. The van der Waals surface area contributed by atoms with Gasteiger partial charge < -0.3 is 10.2 Å². The van der Waals surface area contributed by atoms with Gasteiger partial charge in [-0.05, 0) is 73.4 Å². The Morgan fingerprint density at radius 1 is 0.893 bits per heavy atom. The molecule has 0 atom stereocenters. The van der Waals surface area contributed by atoms with Crippen molar-refractivity contribution in [3.63, 3.8) is 0 Å². The van der Waals surface area contributed by atoms with E-state index in [0.717, 1.165) is 29.8 Å². The van der Waals surface area contributed by atoms with E-state index in [9.17, 15) is 9.59 Å². The maximum Gasteiger partial charge on any atom is 0.258 e. The molecule has 0 fully saturated rings. The van der Waals surface area contributed by atoms with Crippen molar-refractivity contribution in [2.75, 3.05) is 16.8 Å². The van der Waals surface area contributed by atoms with Crippen LogP contribution in [0.2, 0.25) is 0 Å². The summed E-state index contributed by atoms with van der Waals surface area (Å²) < 4.78 is 0. The molecule has 0 unspecified atom stereocenters. The van der Waals surface area contributed by atoms with Crippen LogP contribution in [-0.2, 0) is 6.42 Å². The molecule has 4 nitrogen and oxygen atoms in total. The molecule has 2 amide bonds. The zero-order valence-corrected chi connectivity index (χ0v) is 15.8. The molecule has 28 heavy (non-hydrogen) atoms. The molecule has 3 aromatic rings.